The fraction of sp³-hybridized carbons (Fsp3) is 0.188. The Morgan fingerprint density at radius 3 is 2.50 bits per heavy atom. The minimum Gasteiger partial charge on any atom is -0.360 e. The summed E-state index contributed by atoms with van der Waals surface area (Å²) in [4.78, 5) is 12.2. The molecule has 0 saturated heterocycles. The summed E-state index contributed by atoms with van der Waals surface area (Å²) >= 11 is 0. The lowest BCUT2D eigenvalue weighted by Gasteiger charge is -2.04. The molecule has 1 amide bonds. The van der Waals surface area contributed by atoms with Crippen molar-refractivity contribution in [2.24, 2.45) is 0 Å². The van der Waals surface area contributed by atoms with Crippen LogP contribution >= 0.6 is 0 Å². The van der Waals surface area contributed by atoms with E-state index in [4.69, 9.17) is 4.52 Å². The highest BCUT2D eigenvalue weighted by molar-refractivity contribution is 6.02. The first kappa shape index (κ1) is 14.1. The van der Waals surface area contributed by atoms with Crippen molar-refractivity contribution in [3.05, 3.63) is 59.1 Å². The van der Waals surface area contributed by atoms with Crippen LogP contribution in [0.25, 0.3) is 5.69 Å². The lowest BCUT2D eigenvalue weighted by Crippen LogP contribution is -2.13. The third kappa shape index (κ3) is 2.76. The SMILES string of the molecule is Cc1ccc(-n2nc(C(=O)Nc3cc(C)on3)cc2C)cc1. The Hall–Kier alpha value is -2.89. The number of benzene rings is 1. The average molecular weight is 296 g/mol. The number of rotatable bonds is 3. The number of nitrogens with zero attached hydrogens (tertiary/aromatic N) is 3. The fourth-order valence-corrected chi connectivity index (χ4v) is 2.14. The molecule has 0 aliphatic rings. The number of carbonyl (C=O) groups excluding carboxylic acids is 1. The van der Waals surface area contributed by atoms with Gasteiger partial charge in [-0.15, -0.1) is 0 Å². The average Bonchev–Trinajstić information content (AvgIpc) is 3.06. The summed E-state index contributed by atoms with van der Waals surface area (Å²) < 4.78 is 6.66. The van der Waals surface area contributed by atoms with Crippen molar-refractivity contribution >= 4 is 11.7 Å². The zero-order valence-corrected chi connectivity index (χ0v) is 12.6. The predicted octanol–water partition coefficient (Wildman–Crippen LogP) is 3.04. The van der Waals surface area contributed by atoms with E-state index in [0.29, 0.717) is 17.3 Å². The Kier molecular flexibility index (Phi) is 3.50. The molecule has 6 heteroatoms. The number of carbonyl (C=O) groups is 1. The summed E-state index contributed by atoms with van der Waals surface area (Å²) in [5.41, 5.74) is 3.30. The molecule has 0 fully saturated rings. The summed E-state index contributed by atoms with van der Waals surface area (Å²) in [6.07, 6.45) is 0. The Morgan fingerprint density at radius 1 is 1.14 bits per heavy atom. The van der Waals surface area contributed by atoms with Gasteiger partial charge in [0.25, 0.3) is 5.91 Å². The highest BCUT2D eigenvalue weighted by atomic mass is 16.5. The van der Waals surface area contributed by atoms with E-state index in [2.05, 4.69) is 15.6 Å². The standard InChI is InChI=1S/C16H16N4O2/c1-10-4-6-13(7-5-10)20-11(2)8-14(18-20)16(21)17-15-9-12(3)22-19-15/h4-9H,1-3H3,(H,17,19,21). The molecule has 3 aromatic rings. The number of nitrogens with one attached hydrogen (secondary N) is 1. The van der Waals surface area contributed by atoms with Crippen molar-refractivity contribution in [2.75, 3.05) is 5.32 Å². The number of aryl methyl sites for hydroxylation is 3. The smallest absolute Gasteiger partial charge is 0.277 e. The van der Waals surface area contributed by atoms with Crippen molar-refractivity contribution in [3.8, 4) is 5.69 Å². The number of amides is 1. The molecule has 0 atom stereocenters. The zero-order chi connectivity index (χ0) is 15.7. The maximum Gasteiger partial charge on any atom is 0.277 e. The maximum absolute atomic E-state index is 12.2. The third-order valence-corrected chi connectivity index (χ3v) is 3.27. The van der Waals surface area contributed by atoms with E-state index in [-0.39, 0.29) is 5.91 Å². The van der Waals surface area contributed by atoms with Gasteiger partial charge in [-0.2, -0.15) is 5.10 Å². The number of hydrogen-bond donors (Lipinski definition) is 1. The van der Waals surface area contributed by atoms with Crippen LogP contribution in [-0.2, 0) is 0 Å². The molecule has 0 spiro atoms. The molecule has 112 valence electrons. The zero-order valence-electron chi connectivity index (χ0n) is 12.6. The van der Waals surface area contributed by atoms with Crippen LogP contribution in [0.5, 0.6) is 0 Å². The lowest BCUT2D eigenvalue weighted by atomic mass is 10.2. The van der Waals surface area contributed by atoms with E-state index in [1.54, 1.807) is 23.7 Å². The summed E-state index contributed by atoms with van der Waals surface area (Å²) in [5.74, 6) is 0.698. The van der Waals surface area contributed by atoms with Gasteiger partial charge < -0.3 is 9.84 Å². The number of hydrogen-bond acceptors (Lipinski definition) is 4. The molecule has 0 radical (unpaired) electrons. The van der Waals surface area contributed by atoms with Gasteiger partial charge in [0.2, 0.25) is 0 Å². The van der Waals surface area contributed by atoms with E-state index < -0.39 is 0 Å². The Labute approximate surface area is 127 Å². The quantitative estimate of drug-likeness (QED) is 0.806. The molecule has 2 heterocycles. The van der Waals surface area contributed by atoms with Crippen LogP contribution in [0.2, 0.25) is 0 Å². The van der Waals surface area contributed by atoms with Gasteiger partial charge in [0, 0.05) is 11.8 Å². The van der Waals surface area contributed by atoms with Crippen LogP contribution in [0, 0.1) is 20.8 Å². The van der Waals surface area contributed by atoms with Crippen LogP contribution < -0.4 is 5.32 Å². The molecule has 6 nitrogen and oxygen atoms in total. The van der Waals surface area contributed by atoms with E-state index >= 15 is 0 Å². The second-order valence-electron chi connectivity index (χ2n) is 5.20. The Morgan fingerprint density at radius 2 is 1.86 bits per heavy atom. The molecule has 1 N–H and O–H groups in total. The lowest BCUT2D eigenvalue weighted by molar-refractivity contribution is 0.102. The molecule has 1 aromatic carbocycles. The van der Waals surface area contributed by atoms with Gasteiger partial charge in [-0.3, -0.25) is 4.79 Å². The van der Waals surface area contributed by atoms with Gasteiger partial charge in [-0.1, -0.05) is 22.9 Å². The highest BCUT2D eigenvalue weighted by Crippen LogP contribution is 2.14. The molecular formula is C16H16N4O2. The summed E-state index contributed by atoms with van der Waals surface area (Å²) in [7, 11) is 0. The van der Waals surface area contributed by atoms with Crippen molar-refractivity contribution < 1.29 is 9.32 Å². The van der Waals surface area contributed by atoms with Crippen molar-refractivity contribution in [3.63, 3.8) is 0 Å². The monoisotopic (exact) mass is 296 g/mol. The summed E-state index contributed by atoms with van der Waals surface area (Å²) in [6, 6.07) is 11.3. The second kappa shape index (κ2) is 5.48. The van der Waals surface area contributed by atoms with Crippen LogP contribution in [0.4, 0.5) is 5.82 Å². The molecule has 22 heavy (non-hydrogen) atoms. The summed E-state index contributed by atoms with van der Waals surface area (Å²) in [5, 5.41) is 10.8. The minimum atomic E-state index is -0.317. The van der Waals surface area contributed by atoms with Crippen LogP contribution in [-0.4, -0.2) is 20.8 Å². The maximum atomic E-state index is 12.2. The molecule has 0 saturated carbocycles. The van der Waals surface area contributed by atoms with E-state index in [9.17, 15) is 4.79 Å². The molecular weight excluding hydrogens is 280 g/mol. The predicted molar refractivity (Wildman–Crippen MR) is 82.2 cm³/mol. The van der Waals surface area contributed by atoms with E-state index in [1.807, 2.05) is 38.1 Å². The van der Waals surface area contributed by atoms with Gasteiger partial charge in [0.15, 0.2) is 11.5 Å². The first-order valence-electron chi connectivity index (χ1n) is 6.91. The first-order valence-corrected chi connectivity index (χ1v) is 6.91. The summed E-state index contributed by atoms with van der Waals surface area (Å²) in [6.45, 7) is 5.70. The van der Waals surface area contributed by atoms with Crippen molar-refractivity contribution in [1.82, 2.24) is 14.9 Å². The molecule has 0 aliphatic heterocycles. The molecule has 0 bridgehead atoms. The Balaban J connectivity index is 1.85. The molecule has 3 rings (SSSR count). The van der Waals surface area contributed by atoms with Gasteiger partial charge in [-0.25, -0.2) is 4.68 Å². The third-order valence-electron chi connectivity index (χ3n) is 3.27. The van der Waals surface area contributed by atoms with Crippen LogP contribution in [0.3, 0.4) is 0 Å². The number of aromatic nitrogens is 3. The highest BCUT2D eigenvalue weighted by Gasteiger charge is 2.14. The fourth-order valence-electron chi connectivity index (χ4n) is 2.14. The minimum absolute atomic E-state index is 0.317. The van der Waals surface area contributed by atoms with Crippen LogP contribution in [0.1, 0.15) is 27.5 Å². The topological polar surface area (TPSA) is 73.0 Å². The van der Waals surface area contributed by atoms with Gasteiger partial charge in [0.1, 0.15) is 5.76 Å². The van der Waals surface area contributed by atoms with Gasteiger partial charge >= 0.3 is 0 Å². The van der Waals surface area contributed by atoms with E-state index in [0.717, 1.165) is 11.4 Å². The molecule has 2 aromatic heterocycles. The van der Waals surface area contributed by atoms with Crippen molar-refractivity contribution in [1.29, 1.82) is 0 Å². The normalized spacial score (nSPS) is 10.7. The first-order chi connectivity index (χ1) is 10.5. The van der Waals surface area contributed by atoms with Gasteiger partial charge in [-0.05, 0) is 39.0 Å². The van der Waals surface area contributed by atoms with Crippen LogP contribution in [0.15, 0.2) is 40.9 Å². The second-order valence-corrected chi connectivity index (χ2v) is 5.20. The van der Waals surface area contributed by atoms with E-state index in [1.165, 1.54) is 5.56 Å². The molecule has 0 aliphatic carbocycles. The van der Waals surface area contributed by atoms with Crippen molar-refractivity contribution in [2.45, 2.75) is 20.8 Å². The number of anilines is 1. The largest absolute Gasteiger partial charge is 0.360 e. The van der Waals surface area contributed by atoms with Gasteiger partial charge in [0.05, 0.1) is 5.69 Å². The Bertz CT molecular complexity index is 815. The molecule has 0 unspecified atom stereocenters.